The molecule has 0 saturated heterocycles. The molecule has 4 rings (SSSR count). The van der Waals surface area contributed by atoms with Crippen molar-refractivity contribution in [1.82, 2.24) is 4.90 Å². The number of ether oxygens (including phenoxy) is 2. The molecular formula is C29H34N2O3. The Kier molecular flexibility index (Phi) is 7.23. The zero-order valence-corrected chi connectivity index (χ0v) is 20.7. The van der Waals surface area contributed by atoms with Crippen LogP contribution in [0.5, 0.6) is 11.5 Å². The van der Waals surface area contributed by atoms with Crippen LogP contribution in [0.2, 0.25) is 0 Å². The van der Waals surface area contributed by atoms with Gasteiger partial charge in [0.05, 0.1) is 26.8 Å². The van der Waals surface area contributed by atoms with Crippen molar-refractivity contribution in [3.8, 4) is 11.5 Å². The lowest BCUT2D eigenvalue weighted by atomic mass is 9.87. The molecule has 1 amide bonds. The molecule has 0 fully saturated rings. The van der Waals surface area contributed by atoms with Crippen molar-refractivity contribution in [3.05, 3.63) is 88.5 Å². The van der Waals surface area contributed by atoms with Crippen molar-refractivity contribution in [2.45, 2.75) is 39.2 Å². The summed E-state index contributed by atoms with van der Waals surface area (Å²) >= 11 is 0. The molecule has 0 bridgehead atoms. The number of methoxy groups -OCH3 is 2. The summed E-state index contributed by atoms with van der Waals surface area (Å²) < 4.78 is 11.1. The minimum atomic E-state index is -0.0445. The summed E-state index contributed by atoms with van der Waals surface area (Å²) in [4.78, 5) is 15.6. The van der Waals surface area contributed by atoms with Gasteiger partial charge in [0, 0.05) is 12.2 Å². The SMILES string of the molecule is COc1cc2c(cc1OC)[C@@H](c1ccccc1)N(CC(=O)Nc1c(C)cccc1C(C)C)CC2. The summed E-state index contributed by atoms with van der Waals surface area (Å²) in [6.45, 7) is 7.43. The van der Waals surface area contributed by atoms with E-state index in [1.165, 1.54) is 5.56 Å². The minimum absolute atomic E-state index is 0.000979. The number of nitrogens with one attached hydrogen (secondary N) is 1. The predicted molar refractivity (Wildman–Crippen MR) is 137 cm³/mol. The number of nitrogens with zero attached hydrogens (tertiary/aromatic N) is 1. The molecule has 0 saturated carbocycles. The van der Waals surface area contributed by atoms with Crippen molar-refractivity contribution in [2.24, 2.45) is 0 Å². The molecule has 0 aliphatic carbocycles. The van der Waals surface area contributed by atoms with E-state index in [0.29, 0.717) is 18.2 Å². The third-order valence-electron chi connectivity index (χ3n) is 6.63. The molecule has 1 aliphatic rings. The number of amides is 1. The molecule has 3 aromatic carbocycles. The van der Waals surface area contributed by atoms with Gasteiger partial charge in [-0.2, -0.15) is 0 Å². The first-order valence-electron chi connectivity index (χ1n) is 11.9. The van der Waals surface area contributed by atoms with Gasteiger partial charge < -0.3 is 14.8 Å². The van der Waals surface area contributed by atoms with Crippen LogP contribution in [0.1, 0.15) is 53.6 Å². The Morgan fingerprint density at radius 3 is 2.41 bits per heavy atom. The molecule has 0 aromatic heterocycles. The molecule has 0 unspecified atom stereocenters. The van der Waals surface area contributed by atoms with E-state index < -0.39 is 0 Å². The fraction of sp³-hybridized carbons (Fsp3) is 0.345. The van der Waals surface area contributed by atoms with Crippen LogP contribution in [0, 0.1) is 6.92 Å². The monoisotopic (exact) mass is 458 g/mol. The van der Waals surface area contributed by atoms with Crippen LogP contribution in [-0.4, -0.2) is 38.1 Å². The van der Waals surface area contributed by atoms with Crippen LogP contribution in [0.3, 0.4) is 0 Å². The second-order valence-corrected chi connectivity index (χ2v) is 9.18. The van der Waals surface area contributed by atoms with E-state index in [-0.39, 0.29) is 11.9 Å². The van der Waals surface area contributed by atoms with Gasteiger partial charge >= 0.3 is 0 Å². The molecule has 0 spiro atoms. The van der Waals surface area contributed by atoms with Gasteiger partial charge in [0.1, 0.15) is 0 Å². The Morgan fingerprint density at radius 1 is 1.03 bits per heavy atom. The van der Waals surface area contributed by atoms with Gasteiger partial charge in [-0.05, 0) is 59.2 Å². The second kappa shape index (κ2) is 10.3. The number of fused-ring (bicyclic) bond motifs is 1. The number of hydrogen-bond acceptors (Lipinski definition) is 4. The molecule has 1 atom stereocenters. The average molecular weight is 459 g/mol. The number of aryl methyl sites for hydroxylation is 1. The molecular weight excluding hydrogens is 424 g/mol. The van der Waals surface area contributed by atoms with E-state index in [4.69, 9.17) is 9.47 Å². The lowest BCUT2D eigenvalue weighted by Gasteiger charge is -2.37. The fourth-order valence-corrected chi connectivity index (χ4v) is 4.90. The van der Waals surface area contributed by atoms with Crippen LogP contribution in [0.15, 0.2) is 60.7 Å². The Labute approximate surface area is 202 Å². The first-order valence-corrected chi connectivity index (χ1v) is 11.9. The molecule has 34 heavy (non-hydrogen) atoms. The summed E-state index contributed by atoms with van der Waals surface area (Å²) in [6.07, 6.45) is 0.841. The van der Waals surface area contributed by atoms with Gasteiger partial charge in [-0.25, -0.2) is 0 Å². The quantitative estimate of drug-likeness (QED) is 0.492. The van der Waals surface area contributed by atoms with Gasteiger partial charge in [0.2, 0.25) is 5.91 Å². The highest BCUT2D eigenvalue weighted by atomic mass is 16.5. The van der Waals surface area contributed by atoms with E-state index in [9.17, 15) is 4.79 Å². The summed E-state index contributed by atoms with van der Waals surface area (Å²) in [5.41, 5.74) is 6.71. The molecule has 1 N–H and O–H groups in total. The summed E-state index contributed by atoms with van der Waals surface area (Å²) in [5.74, 6) is 1.77. The Hall–Kier alpha value is -3.31. The molecule has 5 heteroatoms. The van der Waals surface area contributed by atoms with E-state index in [2.05, 4.69) is 60.5 Å². The smallest absolute Gasteiger partial charge is 0.238 e. The van der Waals surface area contributed by atoms with Crippen LogP contribution in [-0.2, 0) is 11.2 Å². The first kappa shape index (κ1) is 23.8. The second-order valence-electron chi connectivity index (χ2n) is 9.18. The average Bonchev–Trinajstić information content (AvgIpc) is 2.84. The Morgan fingerprint density at radius 2 is 1.74 bits per heavy atom. The largest absolute Gasteiger partial charge is 0.493 e. The van der Waals surface area contributed by atoms with Crippen molar-refractivity contribution < 1.29 is 14.3 Å². The zero-order chi connectivity index (χ0) is 24.2. The van der Waals surface area contributed by atoms with Gasteiger partial charge in [-0.15, -0.1) is 0 Å². The van der Waals surface area contributed by atoms with E-state index in [1.54, 1.807) is 14.2 Å². The van der Waals surface area contributed by atoms with E-state index in [0.717, 1.165) is 46.7 Å². The number of carbonyl (C=O) groups is 1. The maximum Gasteiger partial charge on any atom is 0.238 e. The van der Waals surface area contributed by atoms with Gasteiger partial charge in [0.25, 0.3) is 0 Å². The summed E-state index contributed by atoms with van der Waals surface area (Å²) in [5, 5.41) is 3.22. The normalized spacial score (nSPS) is 15.6. The third kappa shape index (κ3) is 4.80. The van der Waals surface area contributed by atoms with Gasteiger partial charge in [-0.3, -0.25) is 9.69 Å². The first-order chi connectivity index (χ1) is 16.4. The number of hydrogen-bond donors (Lipinski definition) is 1. The lowest BCUT2D eigenvalue weighted by Crippen LogP contribution is -2.41. The highest BCUT2D eigenvalue weighted by Crippen LogP contribution is 2.41. The van der Waals surface area contributed by atoms with Crippen molar-refractivity contribution >= 4 is 11.6 Å². The van der Waals surface area contributed by atoms with Crippen LogP contribution < -0.4 is 14.8 Å². The number of benzene rings is 3. The van der Waals surface area contributed by atoms with Crippen molar-refractivity contribution in [2.75, 3.05) is 32.6 Å². The maximum atomic E-state index is 13.3. The lowest BCUT2D eigenvalue weighted by molar-refractivity contribution is -0.117. The Balaban J connectivity index is 1.67. The van der Waals surface area contributed by atoms with E-state index >= 15 is 0 Å². The number of anilines is 1. The molecule has 5 nitrogen and oxygen atoms in total. The van der Waals surface area contributed by atoms with Crippen LogP contribution >= 0.6 is 0 Å². The highest BCUT2D eigenvalue weighted by molar-refractivity contribution is 5.94. The number of carbonyl (C=O) groups excluding carboxylic acids is 1. The minimum Gasteiger partial charge on any atom is -0.493 e. The van der Waals surface area contributed by atoms with E-state index in [1.807, 2.05) is 31.2 Å². The number of rotatable bonds is 7. The third-order valence-corrected chi connectivity index (χ3v) is 6.63. The zero-order valence-electron chi connectivity index (χ0n) is 20.7. The van der Waals surface area contributed by atoms with Crippen molar-refractivity contribution in [3.63, 3.8) is 0 Å². The maximum absolute atomic E-state index is 13.3. The predicted octanol–water partition coefficient (Wildman–Crippen LogP) is 5.72. The Bertz CT molecular complexity index is 1160. The topological polar surface area (TPSA) is 50.8 Å². The summed E-state index contributed by atoms with van der Waals surface area (Å²) in [7, 11) is 3.32. The summed E-state index contributed by atoms with van der Waals surface area (Å²) in [6, 6.07) is 20.6. The van der Waals surface area contributed by atoms with Gasteiger partial charge in [0.15, 0.2) is 11.5 Å². The van der Waals surface area contributed by atoms with Crippen molar-refractivity contribution in [1.29, 1.82) is 0 Å². The van der Waals surface area contributed by atoms with Gasteiger partial charge in [-0.1, -0.05) is 62.4 Å². The molecule has 3 aromatic rings. The standard InChI is InChI=1S/C29H34N2O3/c1-19(2)23-13-9-10-20(3)28(23)30-27(32)18-31-15-14-22-16-25(33-4)26(34-5)17-24(22)29(31)21-11-7-6-8-12-21/h6-13,16-17,19,29H,14-15,18H2,1-5H3,(H,30,32)/t29-/m1/s1. The molecule has 1 aliphatic heterocycles. The molecule has 178 valence electrons. The van der Waals surface area contributed by atoms with Crippen LogP contribution in [0.4, 0.5) is 5.69 Å². The molecule has 0 radical (unpaired) electrons. The number of para-hydroxylation sites is 1. The molecule has 1 heterocycles. The highest BCUT2D eigenvalue weighted by Gasteiger charge is 2.31. The fourth-order valence-electron chi connectivity index (χ4n) is 4.90. The van der Waals surface area contributed by atoms with Crippen LogP contribution in [0.25, 0.3) is 0 Å².